The molecule has 1 fully saturated rings. The van der Waals surface area contributed by atoms with Gasteiger partial charge in [-0.2, -0.15) is 0 Å². The molecule has 0 radical (unpaired) electrons. The number of nitrogens with zero attached hydrogens (tertiary/aromatic N) is 1. The quantitative estimate of drug-likeness (QED) is 0.421. The Labute approximate surface area is 153 Å². The van der Waals surface area contributed by atoms with Gasteiger partial charge in [0.05, 0.1) is 10.5 Å². The minimum atomic E-state index is -0.590. The molecule has 2 atom stereocenters. The summed E-state index contributed by atoms with van der Waals surface area (Å²) >= 11 is 0. The molecule has 3 rings (SSSR count). The van der Waals surface area contributed by atoms with Crippen molar-refractivity contribution in [2.24, 2.45) is 5.92 Å². The van der Waals surface area contributed by atoms with Crippen LogP contribution in [0.5, 0.6) is 0 Å². The summed E-state index contributed by atoms with van der Waals surface area (Å²) in [6, 6.07) is 14.1. The van der Waals surface area contributed by atoms with Crippen LogP contribution in [0.25, 0.3) is 0 Å². The van der Waals surface area contributed by atoms with E-state index in [1.807, 2.05) is 13.8 Å². The molecule has 136 valence electrons. The van der Waals surface area contributed by atoms with Crippen LogP contribution in [-0.2, 0) is 11.2 Å². The molecule has 5 nitrogen and oxygen atoms in total. The second-order valence-corrected chi connectivity index (χ2v) is 7.34. The van der Waals surface area contributed by atoms with Crippen LogP contribution in [0.15, 0.2) is 48.5 Å². The van der Waals surface area contributed by atoms with E-state index < -0.39 is 16.5 Å². The van der Waals surface area contributed by atoms with Gasteiger partial charge >= 0.3 is 5.97 Å². The Kier molecular flexibility index (Phi) is 4.81. The second kappa shape index (κ2) is 6.90. The van der Waals surface area contributed by atoms with Crippen molar-refractivity contribution in [3.8, 4) is 0 Å². The Morgan fingerprint density at radius 3 is 2.31 bits per heavy atom. The first-order valence-electron chi connectivity index (χ1n) is 8.88. The SMILES string of the molecule is CCc1ccc([C@@H]2C[C@H]2C(C)(C)OC(=O)c2ccc([N+](=O)[O-])cc2)cc1. The maximum atomic E-state index is 12.4. The largest absolute Gasteiger partial charge is 0.456 e. The third kappa shape index (κ3) is 3.77. The van der Waals surface area contributed by atoms with Crippen molar-refractivity contribution >= 4 is 11.7 Å². The number of ether oxygens (including phenoxy) is 1. The molecule has 0 amide bonds. The summed E-state index contributed by atoms with van der Waals surface area (Å²) in [6.07, 6.45) is 2.01. The molecular formula is C21H23NO4. The van der Waals surface area contributed by atoms with E-state index in [4.69, 9.17) is 4.74 Å². The van der Waals surface area contributed by atoms with Crippen molar-refractivity contribution in [2.75, 3.05) is 0 Å². The number of non-ortho nitro benzene ring substituents is 1. The highest BCUT2D eigenvalue weighted by Gasteiger charge is 2.50. The number of benzene rings is 2. The Hall–Kier alpha value is -2.69. The van der Waals surface area contributed by atoms with E-state index in [0.717, 1.165) is 12.8 Å². The van der Waals surface area contributed by atoms with Gasteiger partial charge in [-0.05, 0) is 55.9 Å². The van der Waals surface area contributed by atoms with Crippen LogP contribution in [-0.4, -0.2) is 16.5 Å². The molecule has 2 aromatic rings. The van der Waals surface area contributed by atoms with E-state index >= 15 is 0 Å². The maximum Gasteiger partial charge on any atom is 0.338 e. The molecule has 0 bridgehead atoms. The van der Waals surface area contributed by atoms with Gasteiger partial charge < -0.3 is 4.74 Å². The van der Waals surface area contributed by atoms with E-state index in [-0.39, 0.29) is 11.6 Å². The van der Waals surface area contributed by atoms with Gasteiger partial charge in [0.1, 0.15) is 5.60 Å². The fraction of sp³-hybridized carbons (Fsp3) is 0.381. The molecule has 1 aliphatic rings. The number of nitro groups is 1. The van der Waals surface area contributed by atoms with Crippen molar-refractivity contribution in [2.45, 2.75) is 45.1 Å². The van der Waals surface area contributed by atoms with Crippen molar-refractivity contribution < 1.29 is 14.5 Å². The average Bonchev–Trinajstić information content (AvgIpc) is 3.43. The molecule has 2 aromatic carbocycles. The Balaban J connectivity index is 1.65. The number of aryl methyl sites for hydroxylation is 1. The molecule has 0 spiro atoms. The standard InChI is InChI=1S/C21H23NO4/c1-4-14-5-7-15(8-6-14)18-13-19(18)21(2,3)26-20(23)16-9-11-17(12-10-16)22(24)25/h5-12,18-19H,4,13H2,1-3H3/t18-,19+/m0/s1. The predicted octanol–water partition coefficient (Wildman–Crippen LogP) is 4.90. The number of carbonyl (C=O) groups is 1. The van der Waals surface area contributed by atoms with Gasteiger partial charge in [0.25, 0.3) is 5.69 Å². The zero-order valence-electron chi connectivity index (χ0n) is 15.3. The molecule has 0 aromatic heterocycles. The summed E-state index contributed by atoms with van der Waals surface area (Å²) in [4.78, 5) is 22.6. The Morgan fingerprint density at radius 2 is 1.77 bits per heavy atom. The third-order valence-electron chi connectivity index (χ3n) is 5.17. The molecule has 5 heteroatoms. The summed E-state index contributed by atoms with van der Waals surface area (Å²) in [5.74, 6) is 0.231. The lowest BCUT2D eigenvalue weighted by molar-refractivity contribution is -0.384. The van der Waals surface area contributed by atoms with E-state index in [1.54, 1.807) is 0 Å². The van der Waals surface area contributed by atoms with Crippen LogP contribution >= 0.6 is 0 Å². The lowest BCUT2D eigenvalue weighted by Gasteiger charge is -2.26. The smallest absolute Gasteiger partial charge is 0.338 e. The van der Waals surface area contributed by atoms with E-state index in [0.29, 0.717) is 11.5 Å². The van der Waals surface area contributed by atoms with Gasteiger partial charge in [0.15, 0.2) is 0 Å². The van der Waals surface area contributed by atoms with E-state index in [2.05, 4.69) is 31.2 Å². The van der Waals surface area contributed by atoms with Gasteiger partial charge in [0, 0.05) is 18.1 Å². The summed E-state index contributed by atoms with van der Waals surface area (Å²) < 4.78 is 5.74. The first kappa shape index (κ1) is 18.1. The molecule has 0 heterocycles. The highest BCUT2D eigenvalue weighted by atomic mass is 16.6. The van der Waals surface area contributed by atoms with Crippen molar-refractivity contribution in [1.29, 1.82) is 0 Å². The van der Waals surface area contributed by atoms with Crippen LogP contribution in [0.4, 0.5) is 5.69 Å². The molecule has 26 heavy (non-hydrogen) atoms. The molecule has 0 N–H and O–H groups in total. The van der Waals surface area contributed by atoms with Crippen molar-refractivity contribution in [3.63, 3.8) is 0 Å². The van der Waals surface area contributed by atoms with Gasteiger partial charge in [-0.3, -0.25) is 10.1 Å². The summed E-state index contributed by atoms with van der Waals surface area (Å²) in [5, 5.41) is 10.7. The lowest BCUT2D eigenvalue weighted by atomic mass is 9.97. The minimum absolute atomic E-state index is 0.0430. The fourth-order valence-electron chi connectivity index (χ4n) is 3.43. The van der Waals surface area contributed by atoms with E-state index in [1.165, 1.54) is 35.4 Å². The number of hydrogen-bond acceptors (Lipinski definition) is 4. The number of rotatable bonds is 6. The summed E-state index contributed by atoms with van der Waals surface area (Å²) in [6.45, 7) is 6.00. The molecular weight excluding hydrogens is 330 g/mol. The zero-order chi connectivity index (χ0) is 18.9. The van der Waals surface area contributed by atoms with Crippen LogP contribution in [0.2, 0.25) is 0 Å². The first-order valence-corrected chi connectivity index (χ1v) is 8.88. The van der Waals surface area contributed by atoms with Crippen LogP contribution in [0.3, 0.4) is 0 Å². The number of nitro benzene ring substituents is 1. The number of carbonyl (C=O) groups excluding carboxylic acids is 1. The second-order valence-electron chi connectivity index (χ2n) is 7.34. The highest BCUT2D eigenvalue weighted by molar-refractivity contribution is 5.90. The molecule has 0 unspecified atom stereocenters. The van der Waals surface area contributed by atoms with Gasteiger partial charge in [-0.15, -0.1) is 0 Å². The fourth-order valence-corrected chi connectivity index (χ4v) is 3.43. The average molecular weight is 353 g/mol. The topological polar surface area (TPSA) is 69.4 Å². The predicted molar refractivity (Wildman–Crippen MR) is 99.3 cm³/mol. The monoisotopic (exact) mass is 353 g/mol. The van der Waals surface area contributed by atoms with Crippen molar-refractivity contribution in [1.82, 2.24) is 0 Å². The lowest BCUT2D eigenvalue weighted by Crippen LogP contribution is -2.31. The zero-order valence-corrected chi connectivity index (χ0v) is 15.3. The van der Waals surface area contributed by atoms with Gasteiger partial charge in [-0.1, -0.05) is 31.2 Å². The normalized spacial score (nSPS) is 19.0. The van der Waals surface area contributed by atoms with E-state index in [9.17, 15) is 14.9 Å². The summed E-state index contributed by atoms with van der Waals surface area (Å²) in [7, 11) is 0. The van der Waals surface area contributed by atoms with Crippen LogP contribution in [0.1, 0.15) is 54.6 Å². The van der Waals surface area contributed by atoms with Gasteiger partial charge in [0.2, 0.25) is 0 Å². The van der Waals surface area contributed by atoms with Crippen LogP contribution in [0, 0.1) is 16.0 Å². The molecule has 0 aliphatic heterocycles. The molecule has 1 aliphatic carbocycles. The Morgan fingerprint density at radius 1 is 1.15 bits per heavy atom. The number of hydrogen-bond donors (Lipinski definition) is 0. The maximum absolute atomic E-state index is 12.4. The minimum Gasteiger partial charge on any atom is -0.456 e. The van der Waals surface area contributed by atoms with Crippen LogP contribution < -0.4 is 0 Å². The number of esters is 1. The molecule has 0 saturated heterocycles. The molecule has 1 saturated carbocycles. The van der Waals surface area contributed by atoms with Crippen molar-refractivity contribution in [3.05, 3.63) is 75.3 Å². The van der Waals surface area contributed by atoms with Gasteiger partial charge in [-0.25, -0.2) is 4.79 Å². The Bertz CT molecular complexity index is 809. The summed E-state index contributed by atoms with van der Waals surface area (Å²) in [5.41, 5.74) is 2.29. The highest BCUT2D eigenvalue weighted by Crippen LogP contribution is 2.54. The third-order valence-corrected chi connectivity index (χ3v) is 5.17. The first-order chi connectivity index (χ1) is 12.3.